The number of fused-ring (bicyclic) bond motifs is 6. The zero-order valence-corrected chi connectivity index (χ0v) is 37.9. The van der Waals surface area contributed by atoms with E-state index in [-0.39, 0.29) is 47.9 Å². The molecule has 0 fully saturated rings. The predicted octanol–water partition coefficient (Wildman–Crippen LogP) is 14.8. The van der Waals surface area contributed by atoms with E-state index in [0.29, 0.717) is 5.92 Å². The van der Waals surface area contributed by atoms with Crippen LogP contribution >= 0.6 is 34.0 Å². The smallest absolute Gasteiger partial charge is 0.164 e. The molecule has 3 nitrogen and oxygen atoms in total. The van der Waals surface area contributed by atoms with E-state index in [2.05, 4.69) is 83.3 Å². The van der Waals surface area contributed by atoms with Crippen LogP contribution < -0.4 is 0 Å². The second kappa shape index (κ2) is 16.5. The van der Waals surface area contributed by atoms with Gasteiger partial charge in [0.15, 0.2) is 5.78 Å². The van der Waals surface area contributed by atoms with Crippen molar-refractivity contribution in [2.75, 3.05) is 0 Å². The summed E-state index contributed by atoms with van der Waals surface area (Å²) in [6.45, 7) is 25.9. The molecule has 4 aromatic heterocycles. The third-order valence-corrected chi connectivity index (χ3v) is 14.6. The molecule has 1 radical (unpaired) electrons. The summed E-state index contributed by atoms with van der Waals surface area (Å²) in [6.07, 6.45) is 7.86. The summed E-state index contributed by atoms with van der Waals surface area (Å²) < 4.78 is 5.39. The fourth-order valence-corrected chi connectivity index (χ4v) is 10.4. The molecule has 6 rings (SSSR count). The summed E-state index contributed by atoms with van der Waals surface area (Å²) in [5.41, 5.74) is 4.44. The van der Waals surface area contributed by atoms with Crippen LogP contribution in [-0.2, 0) is 36.7 Å². The van der Waals surface area contributed by atoms with Crippen molar-refractivity contribution >= 4 is 80.1 Å². The van der Waals surface area contributed by atoms with Gasteiger partial charge in [-0.05, 0) is 89.6 Å². The van der Waals surface area contributed by atoms with E-state index < -0.39 is 0 Å². The summed E-state index contributed by atoms with van der Waals surface area (Å²) >= 11 is 5.67. The minimum absolute atomic E-state index is 0. The molecular weight excluding hydrogens is 875 g/mol. The van der Waals surface area contributed by atoms with Crippen LogP contribution in [0.5, 0.6) is 0 Å². The van der Waals surface area contributed by atoms with Crippen molar-refractivity contribution in [3.05, 3.63) is 75.8 Å². The van der Waals surface area contributed by atoms with Crippen LogP contribution in [0.15, 0.2) is 53.7 Å². The number of carbonyl (C=O) groups excluding carboxylic acids is 1. The average Bonchev–Trinajstić information content (AvgIpc) is 3.81. The Balaban J connectivity index is 0.000000289. The van der Waals surface area contributed by atoms with Crippen LogP contribution in [0.1, 0.15) is 118 Å². The van der Waals surface area contributed by atoms with Gasteiger partial charge in [-0.25, -0.2) is 0 Å². The Labute approximate surface area is 337 Å². The molecule has 52 heavy (non-hydrogen) atoms. The number of aliphatic hydroxyl groups is 1. The van der Waals surface area contributed by atoms with Crippen LogP contribution in [0, 0.1) is 29.7 Å². The van der Waals surface area contributed by atoms with Gasteiger partial charge in [0.05, 0.1) is 0 Å². The van der Waals surface area contributed by atoms with Gasteiger partial charge < -0.3 is 5.11 Å². The van der Waals surface area contributed by atoms with Gasteiger partial charge in [-0.3, -0.25) is 9.78 Å². The van der Waals surface area contributed by atoms with Gasteiger partial charge in [-0.15, -0.1) is 46.3 Å². The van der Waals surface area contributed by atoms with Crippen molar-refractivity contribution in [3.63, 3.8) is 0 Å². The molecular formula is C45H56IrNO2S3-. The van der Waals surface area contributed by atoms with Gasteiger partial charge in [-0.1, -0.05) is 87.3 Å². The molecule has 6 aromatic rings. The number of carbonyl (C=O) groups is 1. The third-order valence-electron chi connectivity index (χ3n) is 11.3. The number of pyridine rings is 1. The van der Waals surface area contributed by atoms with Gasteiger partial charge in [0.25, 0.3) is 0 Å². The molecule has 0 aliphatic heterocycles. The first-order chi connectivity index (χ1) is 24.0. The Kier molecular flexibility index (Phi) is 13.5. The molecule has 0 saturated carbocycles. The fourth-order valence-electron chi connectivity index (χ4n) is 6.74. The normalized spacial score (nSPS) is 12.9. The van der Waals surface area contributed by atoms with Crippen molar-refractivity contribution in [2.24, 2.45) is 16.7 Å². The molecule has 7 heteroatoms. The van der Waals surface area contributed by atoms with Gasteiger partial charge in [0, 0.05) is 78.7 Å². The van der Waals surface area contributed by atoms with E-state index in [4.69, 9.17) is 4.98 Å². The topological polar surface area (TPSA) is 50.2 Å². The second-order valence-electron chi connectivity index (χ2n) is 16.1. The van der Waals surface area contributed by atoms with E-state index in [1.165, 1.54) is 62.4 Å². The van der Waals surface area contributed by atoms with Crippen LogP contribution in [-0.4, -0.2) is 15.9 Å². The van der Waals surface area contributed by atoms with Gasteiger partial charge in [0.1, 0.15) is 5.76 Å². The number of allylic oxidation sites excluding steroid dienone is 2. The van der Waals surface area contributed by atoms with Crippen molar-refractivity contribution < 1.29 is 30.0 Å². The first-order valence-corrected chi connectivity index (χ1v) is 21.1. The predicted molar refractivity (Wildman–Crippen MR) is 227 cm³/mol. The van der Waals surface area contributed by atoms with Crippen LogP contribution in [0.25, 0.3) is 51.6 Å². The molecule has 0 saturated heterocycles. The molecule has 0 aliphatic rings. The van der Waals surface area contributed by atoms with Crippen molar-refractivity contribution in [1.82, 2.24) is 4.98 Å². The van der Waals surface area contributed by atoms with Crippen molar-refractivity contribution in [1.29, 1.82) is 0 Å². The minimum Gasteiger partial charge on any atom is -0.512 e. The minimum atomic E-state index is -0.337. The van der Waals surface area contributed by atoms with E-state index in [9.17, 15) is 9.90 Å². The summed E-state index contributed by atoms with van der Waals surface area (Å²) in [5, 5.41) is 17.6. The number of hydrogen-bond acceptors (Lipinski definition) is 6. The monoisotopic (exact) mass is 931 g/mol. The maximum atomic E-state index is 12.2. The number of ketones is 1. The molecule has 4 heterocycles. The standard InChI is InChI=1S/C30H28NS3.C15H28O2.Ir/c1-16(2)13-24-17(3)25-21(34-24)7-8-22-26(25)27-23(33-22)9-11-31-28(27)19-14-18-10-12-32-29(18)20(15-19)30(4,5)6;1-7-14(5,8-2)12(16)11-13(17)15(6,9-3)10-4;/h7-12,15-16H,13H2,1-6H3;11,16H,7-10H2,1-6H3;/q-1;;/b;12-11-;. The summed E-state index contributed by atoms with van der Waals surface area (Å²) in [4.78, 5) is 18.7. The Morgan fingerprint density at radius 1 is 0.865 bits per heavy atom. The van der Waals surface area contributed by atoms with Gasteiger partial charge in [-0.2, -0.15) is 11.3 Å². The van der Waals surface area contributed by atoms with Crippen molar-refractivity contribution in [2.45, 2.75) is 121 Å². The zero-order valence-electron chi connectivity index (χ0n) is 33.1. The Hall–Kier alpha value is -2.41. The molecule has 0 bridgehead atoms. The molecule has 281 valence electrons. The van der Waals surface area contributed by atoms with E-state index in [0.717, 1.165) is 43.4 Å². The number of rotatable bonds is 10. The maximum Gasteiger partial charge on any atom is 0.164 e. The molecule has 0 spiro atoms. The number of aromatic nitrogens is 1. The number of thiophene rings is 3. The number of nitrogens with zero attached hydrogens (tertiary/aromatic N) is 1. The van der Waals surface area contributed by atoms with Gasteiger partial charge >= 0.3 is 0 Å². The molecule has 0 amide bonds. The number of benzene rings is 2. The zero-order chi connectivity index (χ0) is 37.5. The molecule has 0 aliphatic carbocycles. The second-order valence-corrected chi connectivity index (χ2v) is 19.3. The summed E-state index contributed by atoms with van der Waals surface area (Å²) in [6, 6.07) is 15.1. The van der Waals surface area contributed by atoms with Crippen LogP contribution in [0.3, 0.4) is 0 Å². The van der Waals surface area contributed by atoms with E-state index in [1.807, 2.05) is 81.7 Å². The quantitative estimate of drug-likeness (QED) is 0.0846. The van der Waals surface area contributed by atoms with Crippen molar-refractivity contribution in [3.8, 4) is 11.3 Å². The largest absolute Gasteiger partial charge is 0.512 e. The Morgan fingerprint density at radius 2 is 1.46 bits per heavy atom. The molecule has 0 unspecified atom stereocenters. The number of aliphatic hydroxyl groups excluding tert-OH is 1. The van der Waals surface area contributed by atoms with Gasteiger partial charge in [0.2, 0.25) is 0 Å². The van der Waals surface area contributed by atoms with Crippen LogP contribution in [0.4, 0.5) is 0 Å². The molecule has 2 aromatic carbocycles. The fraction of sp³-hybridized carbons (Fsp3) is 0.467. The number of aryl methyl sites for hydroxylation is 1. The summed E-state index contributed by atoms with van der Waals surface area (Å²) in [5.74, 6) is 0.940. The third kappa shape index (κ3) is 8.15. The SMILES string of the molecule is CCC(C)(CC)C(=O)/C=C(\O)C(C)(CC)CC.Cc1c(CC(C)C)sc2ccc3sc4ccnc(-c5[c-]c6ccsc6c(C(C)(C)C)c5)c4c3c12.[Ir]. The Bertz CT molecular complexity index is 2220. The first-order valence-electron chi connectivity index (χ1n) is 18.6. The van der Waals surface area contributed by atoms with E-state index in [1.54, 1.807) is 0 Å². The Morgan fingerprint density at radius 3 is 2.04 bits per heavy atom. The molecule has 1 N–H and O–H groups in total. The maximum absolute atomic E-state index is 12.2. The summed E-state index contributed by atoms with van der Waals surface area (Å²) in [7, 11) is 0. The first kappa shape index (κ1) is 42.3. The molecule has 0 atom stereocenters. The average molecular weight is 931 g/mol. The number of hydrogen-bond donors (Lipinski definition) is 1. The van der Waals surface area contributed by atoms with E-state index >= 15 is 0 Å². The van der Waals surface area contributed by atoms with Crippen LogP contribution in [0.2, 0.25) is 0 Å².